The Morgan fingerprint density at radius 3 is 2.30 bits per heavy atom. The largest absolute Gasteiger partial charge is 1.00 e. The van der Waals surface area contributed by atoms with Gasteiger partial charge in [-0.2, -0.15) is 0 Å². The molecule has 1 rings (SSSR count). The van der Waals surface area contributed by atoms with Crippen molar-refractivity contribution >= 4 is 0 Å². The Balaban J connectivity index is 0.000000810. The fourth-order valence-electron chi connectivity index (χ4n) is 1.01. The molecule has 58 valence electrons. The van der Waals surface area contributed by atoms with Crippen molar-refractivity contribution in [2.45, 2.75) is 13.8 Å². The summed E-state index contributed by atoms with van der Waals surface area (Å²) in [6.07, 6.45) is 6.51. The standard InChI is InChI=1S/C8H14N.ClH/c1-4-9(3)7-5-6-8(9)2;/h5-7H,4H2,1-3H3;1H/q+1;/p-1. The predicted molar refractivity (Wildman–Crippen MR) is 39.6 cm³/mol. The molecule has 0 saturated heterocycles. The lowest BCUT2D eigenvalue weighted by molar-refractivity contribution is -0.815. The second-order valence-corrected chi connectivity index (χ2v) is 2.73. The van der Waals surface area contributed by atoms with Crippen molar-refractivity contribution in [3.05, 3.63) is 24.0 Å². The predicted octanol–water partition coefficient (Wildman–Crippen LogP) is -1.11. The van der Waals surface area contributed by atoms with E-state index in [0.717, 1.165) is 11.0 Å². The van der Waals surface area contributed by atoms with Gasteiger partial charge in [-0.1, -0.05) is 0 Å². The van der Waals surface area contributed by atoms with Crippen LogP contribution >= 0.6 is 0 Å². The maximum absolute atomic E-state index is 2.22. The van der Waals surface area contributed by atoms with E-state index < -0.39 is 0 Å². The first kappa shape index (κ1) is 9.73. The zero-order chi connectivity index (χ0) is 6.91. The minimum atomic E-state index is 0. The maximum Gasteiger partial charge on any atom is 0.110 e. The molecule has 1 nitrogen and oxygen atoms in total. The monoisotopic (exact) mass is 159 g/mol. The molecule has 0 aromatic carbocycles. The van der Waals surface area contributed by atoms with E-state index >= 15 is 0 Å². The van der Waals surface area contributed by atoms with E-state index in [-0.39, 0.29) is 12.4 Å². The van der Waals surface area contributed by atoms with Gasteiger partial charge in [-0.3, -0.25) is 4.48 Å². The van der Waals surface area contributed by atoms with Gasteiger partial charge >= 0.3 is 0 Å². The highest BCUT2D eigenvalue weighted by Crippen LogP contribution is 2.19. The SMILES string of the molecule is CC[N+]1(C)C=CC=C1C.[Cl-]. The first-order chi connectivity index (χ1) is 4.19. The number of halogens is 1. The summed E-state index contributed by atoms with van der Waals surface area (Å²) < 4.78 is 0.986. The average Bonchev–Trinajstić information content (AvgIpc) is 2.15. The topological polar surface area (TPSA) is 0 Å². The van der Waals surface area contributed by atoms with E-state index in [0.29, 0.717) is 0 Å². The number of quaternary nitrogens is 1. The van der Waals surface area contributed by atoms with Crippen LogP contribution in [0.3, 0.4) is 0 Å². The van der Waals surface area contributed by atoms with Gasteiger partial charge in [0.15, 0.2) is 0 Å². The van der Waals surface area contributed by atoms with Crippen molar-refractivity contribution in [1.82, 2.24) is 0 Å². The first-order valence-corrected chi connectivity index (χ1v) is 3.41. The summed E-state index contributed by atoms with van der Waals surface area (Å²) in [5.41, 5.74) is 1.43. The van der Waals surface area contributed by atoms with E-state index in [1.807, 2.05) is 0 Å². The molecule has 0 fully saturated rings. The van der Waals surface area contributed by atoms with Crippen molar-refractivity contribution in [2.24, 2.45) is 0 Å². The van der Waals surface area contributed by atoms with E-state index in [1.54, 1.807) is 0 Å². The van der Waals surface area contributed by atoms with Gasteiger partial charge in [-0.25, -0.2) is 0 Å². The van der Waals surface area contributed by atoms with Gasteiger partial charge in [0, 0.05) is 6.92 Å². The quantitative estimate of drug-likeness (QED) is 0.426. The van der Waals surface area contributed by atoms with Gasteiger partial charge < -0.3 is 12.4 Å². The molecule has 0 spiro atoms. The van der Waals surface area contributed by atoms with Crippen molar-refractivity contribution in [3.8, 4) is 0 Å². The third kappa shape index (κ3) is 1.41. The van der Waals surface area contributed by atoms with E-state index in [1.165, 1.54) is 5.70 Å². The Kier molecular flexibility index (Phi) is 3.13. The van der Waals surface area contributed by atoms with Gasteiger partial charge in [0.05, 0.1) is 13.6 Å². The second-order valence-electron chi connectivity index (χ2n) is 2.73. The summed E-state index contributed by atoms with van der Waals surface area (Å²) in [4.78, 5) is 0. The Morgan fingerprint density at radius 1 is 1.50 bits per heavy atom. The Labute approximate surface area is 69.0 Å². The fourth-order valence-corrected chi connectivity index (χ4v) is 1.01. The lowest BCUT2D eigenvalue weighted by atomic mass is 10.4. The number of hydrogen-bond donors (Lipinski definition) is 0. The Morgan fingerprint density at radius 2 is 2.10 bits per heavy atom. The smallest absolute Gasteiger partial charge is 0.110 e. The number of rotatable bonds is 1. The Bertz CT molecular complexity index is 172. The molecule has 0 aromatic heterocycles. The maximum atomic E-state index is 2.22. The number of nitrogens with zero attached hydrogens (tertiary/aromatic N) is 1. The normalized spacial score (nSPS) is 29.7. The van der Waals surface area contributed by atoms with Crippen LogP contribution in [0.5, 0.6) is 0 Å². The van der Waals surface area contributed by atoms with Gasteiger partial charge in [-0.15, -0.1) is 0 Å². The van der Waals surface area contributed by atoms with E-state index in [9.17, 15) is 0 Å². The average molecular weight is 160 g/mol. The minimum absolute atomic E-state index is 0. The summed E-state index contributed by atoms with van der Waals surface area (Å²) >= 11 is 0. The molecule has 1 unspecified atom stereocenters. The van der Waals surface area contributed by atoms with Gasteiger partial charge in [0.25, 0.3) is 0 Å². The van der Waals surface area contributed by atoms with Crippen LogP contribution in [0, 0.1) is 0 Å². The molecule has 0 amide bonds. The molecule has 10 heavy (non-hydrogen) atoms. The highest BCUT2D eigenvalue weighted by molar-refractivity contribution is 5.10. The van der Waals surface area contributed by atoms with E-state index in [4.69, 9.17) is 0 Å². The molecule has 0 aliphatic carbocycles. The summed E-state index contributed by atoms with van der Waals surface area (Å²) in [5.74, 6) is 0. The highest BCUT2D eigenvalue weighted by atomic mass is 35.5. The number of hydrogen-bond acceptors (Lipinski definition) is 0. The Hall–Kier alpha value is -0.270. The fraction of sp³-hybridized carbons (Fsp3) is 0.500. The number of allylic oxidation sites excluding steroid dienone is 3. The highest BCUT2D eigenvalue weighted by Gasteiger charge is 2.21. The second kappa shape index (κ2) is 3.22. The molecule has 1 aliphatic heterocycles. The van der Waals surface area contributed by atoms with Crippen molar-refractivity contribution in [3.63, 3.8) is 0 Å². The van der Waals surface area contributed by atoms with Crippen LogP contribution < -0.4 is 12.4 Å². The minimum Gasteiger partial charge on any atom is -1.00 e. The van der Waals surface area contributed by atoms with Crippen LogP contribution in [0.4, 0.5) is 0 Å². The molecule has 0 aromatic rings. The summed E-state index contributed by atoms with van der Waals surface area (Å²) in [6, 6.07) is 0. The molecule has 0 bridgehead atoms. The lowest BCUT2D eigenvalue weighted by Gasteiger charge is -2.25. The van der Waals surface area contributed by atoms with Gasteiger partial charge in [0.1, 0.15) is 11.9 Å². The van der Waals surface area contributed by atoms with Crippen LogP contribution in [0.2, 0.25) is 0 Å². The first-order valence-electron chi connectivity index (χ1n) is 3.41. The van der Waals surface area contributed by atoms with Crippen LogP contribution in [-0.2, 0) is 0 Å². The van der Waals surface area contributed by atoms with Crippen molar-refractivity contribution in [1.29, 1.82) is 0 Å². The zero-order valence-corrected chi connectivity index (χ0v) is 7.52. The van der Waals surface area contributed by atoms with Gasteiger partial charge in [0.2, 0.25) is 0 Å². The third-order valence-electron chi connectivity index (χ3n) is 2.22. The van der Waals surface area contributed by atoms with Crippen molar-refractivity contribution in [2.75, 3.05) is 13.6 Å². The molecule has 0 saturated carbocycles. The third-order valence-corrected chi connectivity index (χ3v) is 2.22. The summed E-state index contributed by atoms with van der Waals surface area (Å²) in [6.45, 7) is 5.52. The van der Waals surface area contributed by atoms with Crippen LogP contribution in [-0.4, -0.2) is 18.1 Å². The van der Waals surface area contributed by atoms with Crippen LogP contribution in [0.1, 0.15) is 13.8 Å². The van der Waals surface area contributed by atoms with Crippen LogP contribution in [0.15, 0.2) is 24.0 Å². The molecule has 1 aliphatic rings. The molecular formula is C8H14ClN. The molecular weight excluding hydrogens is 146 g/mol. The zero-order valence-electron chi connectivity index (χ0n) is 6.76. The van der Waals surface area contributed by atoms with Crippen LogP contribution in [0.25, 0.3) is 0 Å². The molecule has 1 atom stereocenters. The van der Waals surface area contributed by atoms with Crippen molar-refractivity contribution < 1.29 is 16.9 Å². The molecule has 1 heterocycles. The molecule has 2 heteroatoms. The summed E-state index contributed by atoms with van der Waals surface area (Å²) in [7, 11) is 2.22. The van der Waals surface area contributed by atoms with E-state index in [2.05, 4.69) is 39.2 Å². The molecule has 0 radical (unpaired) electrons. The summed E-state index contributed by atoms with van der Waals surface area (Å²) in [5, 5.41) is 0. The van der Waals surface area contributed by atoms with Gasteiger partial charge in [-0.05, 0) is 19.1 Å². The lowest BCUT2D eigenvalue weighted by Crippen LogP contribution is -3.00. The molecule has 0 N–H and O–H groups in total.